The third-order valence-electron chi connectivity index (χ3n) is 1.45. The van der Waals surface area contributed by atoms with E-state index in [4.69, 9.17) is 10.2 Å². The molecule has 0 aromatic carbocycles. The second-order valence-corrected chi connectivity index (χ2v) is 2.23. The fraction of sp³-hybridized carbons (Fsp3) is 0.800. The number of carbonyl (C=O) groups excluding carboxylic acids is 1. The van der Waals surface area contributed by atoms with E-state index < -0.39 is 18.1 Å². The number of likely N-dealkylation sites (N-methyl/N-ethyl adjacent to an activating group) is 1. The van der Waals surface area contributed by atoms with Crippen molar-refractivity contribution < 1.29 is 15.0 Å². The molecule has 0 aliphatic carbocycles. The van der Waals surface area contributed by atoms with Crippen LogP contribution in [0, 0.1) is 0 Å². The van der Waals surface area contributed by atoms with Gasteiger partial charge in [0.1, 0.15) is 6.10 Å². The van der Waals surface area contributed by atoms with Crippen molar-refractivity contribution in [3.63, 3.8) is 0 Å². The Kier molecular flexibility index (Phi) is 1.42. The SMILES string of the molecule is CN1CC(O)C(O)C1=O. The number of aliphatic hydroxyl groups is 2. The zero-order valence-electron chi connectivity index (χ0n) is 5.11. The van der Waals surface area contributed by atoms with Gasteiger partial charge in [-0.2, -0.15) is 0 Å². The molecule has 2 atom stereocenters. The standard InChI is InChI=1S/C5H9NO3/c1-6-2-3(7)4(8)5(6)9/h3-4,7-8H,2H2,1H3. The van der Waals surface area contributed by atoms with Crippen molar-refractivity contribution in [1.29, 1.82) is 0 Å². The van der Waals surface area contributed by atoms with Gasteiger partial charge in [0.25, 0.3) is 5.91 Å². The molecule has 52 valence electrons. The molecule has 4 heteroatoms. The highest BCUT2D eigenvalue weighted by atomic mass is 16.3. The van der Waals surface area contributed by atoms with Crippen LogP contribution in [0.15, 0.2) is 0 Å². The molecule has 2 N–H and O–H groups in total. The first-order valence-electron chi connectivity index (χ1n) is 2.74. The lowest BCUT2D eigenvalue weighted by molar-refractivity contribution is -0.134. The van der Waals surface area contributed by atoms with Crippen molar-refractivity contribution in [3.8, 4) is 0 Å². The summed E-state index contributed by atoms with van der Waals surface area (Å²) in [5.74, 6) is -0.400. The molecule has 1 fully saturated rings. The van der Waals surface area contributed by atoms with E-state index in [1.54, 1.807) is 7.05 Å². The Morgan fingerprint density at radius 2 is 2.22 bits per heavy atom. The van der Waals surface area contributed by atoms with Crippen LogP contribution >= 0.6 is 0 Å². The number of hydrogen-bond donors (Lipinski definition) is 2. The fourth-order valence-corrected chi connectivity index (χ4v) is 0.861. The molecule has 1 aliphatic heterocycles. The normalized spacial score (nSPS) is 35.9. The molecule has 0 radical (unpaired) electrons. The van der Waals surface area contributed by atoms with Crippen LogP contribution in [0.1, 0.15) is 0 Å². The maximum atomic E-state index is 10.6. The Bertz CT molecular complexity index is 136. The monoisotopic (exact) mass is 131 g/mol. The van der Waals surface area contributed by atoms with Crippen LogP contribution in [-0.2, 0) is 4.79 Å². The highest BCUT2D eigenvalue weighted by molar-refractivity contribution is 5.83. The summed E-state index contributed by atoms with van der Waals surface area (Å²) in [7, 11) is 1.54. The lowest BCUT2D eigenvalue weighted by Gasteiger charge is -2.04. The van der Waals surface area contributed by atoms with E-state index in [9.17, 15) is 4.79 Å². The number of hydrogen-bond acceptors (Lipinski definition) is 3. The number of β-amino-alcohol motifs (C(OH)–C–C–N with tert-alkyl or cyclic N) is 1. The first kappa shape index (κ1) is 6.51. The van der Waals surface area contributed by atoms with Gasteiger partial charge < -0.3 is 15.1 Å². The van der Waals surface area contributed by atoms with Gasteiger partial charge in [-0.05, 0) is 0 Å². The Morgan fingerprint density at radius 3 is 2.33 bits per heavy atom. The van der Waals surface area contributed by atoms with Crippen LogP contribution in [0.3, 0.4) is 0 Å². The molecule has 9 heavy (non-hydrogen) atoms. The zero-order chi connectivity index (χ0) is 7.02. The first-order valence-corrected chi connectivity index (χ1v) is 2.74. The molecular formula is C5H9NO3. The van der Waals surface area contributed by atoms with Crippen molar-refractivity contribution in [2.75, 3.05) is 13.6 Å². The predicted octanol–water partition coefficient (Wildman–Crippen LogP) is -1.82. The van der Waals surface area contributed by atoms with Crippen molar-refractivity contribution in [1.82, 2.24) is 4.90 Å². The second kappa shape index (κ2) is 1.97. The van der Waals surface area contributed by atoms with Crippen LogP contribution < -0.4 is 0 Å². The molecule has 1 heterocycles. The van der Waals surface area contributed by atoms with Crippen LogP contribution in [0.4, 0.5) is 0 Å². The van der Waals surface area contributed by atoms with Crippen molar-refractivity contribution in [3.05, 3.63) is 0 Å². The van der Waals surface area contributed by atoms with Crippen LogP contribution in [-0.4, -0.2) is 46.8 Å². The number of likely N-dealkylation sites (tertiary alicyclic amines) is 1. The summed E-state index contributed by atoms with van der Waals surface area (Å²) < 4.78 is 0. The number of nitrogens with zero attached hydrogens (tertiary/aromatic N) is 1. The third kappa shape index (κ3) is 0.906. The molecule has 0 saturated carbocycles. The maximum Gasteiger partial charge on any atom is 0.254 e. The smallest absolute Gasteiger partial charge is 0.254 e. The van der Waals surface area contributed by atoms with Gasteiger partial charge in [-0.1, -0.05) is 0 Å². The molecule has 4 nitrogen and oxygen atoms in total. The molecule has 1 amide bonds. The minimum Gasteiger partial charge on any atom is -0.388 e. The van der Waals surface area contributed by atoms with E-state index in [0.29, 0.717) is 0 Å². The second-order valence-electron chi connectivity index (χ2n) is 2.23. The lowest BCUT2D eigenvalue weighted by atomic mass is 10.3. The predicted molar refractivity (Wildman–Crippen MR) is 29.7 cm³/mol. The summed E-state index contributed by atoms with van der Waals surface area (Å²) in [6, 6.07) is 0. The minimum atomic E-state index is -1.20. The highest BCUT2D eigenvalue weighted by Gasteiger charge is 2.35. The van der Waals surface area contributed by atoms with E-state index in [2.05, 4.69) is 0 Å². The summed E-state index contributed by atoms with van der Waals surface area (Å²) >= 11 is 0. The topological polar surface area (TPSA) is 60.8 Å². The van der Waals surface area contributed by atoms with Gasteiger partial charge in [0.2, 0.25) is 0 Å². The van der Waals surface area contributed by atoms with Gasteiger partial charge in [0.05, 0.1) is 0 Å². The molecule has 0 bridgehead atoms. The van der Waals surface area contributed by atoms with Crippen molar-refractivity contribution in [2.45, 2.75) is 12.2 Å². The summed E-state index contributed by atoms with van der Waals surface area (Å²) in [5, 5.41) is 17.6. The highest BCUT2D eigenvalue weighted by Crippen LogP contribution is 2.08. The molecule has 0 aromatic heterocycles. The lowest BCUT2D eigenvalue weighted by Crippen LogP contribution is -2.27. The average molecular weight is 131 g/mol. The molecule has 1 rings (SSSR count). The van der Waals surface area contributed by atoms with Crippen LogP contribution in [0.25, 0.3) is 0 Å². The number of carbonyl (C=O) groups is 1. The van der Waals surface area contributed by atoms with Crippen molar-refractivity contribution in [2.24, 2.45) is 0 Å². The Balaban J connectivity index is 2.65. The fourth-order valence-electron chi connectivity index (χ4n) is 0.861. The Labute approximate surface area is 52.7 Å². The summed E-state index contributed by atoms with van der Waals surface area (Å²) in [6.07, 6.45) is -2.10. The molecule has 0 aromatic rings. The first-order chi connectivity index (χ1) is 4.13. The quantitative estimate of drug-likeness (QED) is 0.407. The minimum absolute atomic E-state index is 0.236. The maximum absolute atomic E-state index is 10.6. The molecule has 0 spiro atoms. The Morgan fingerprint density at radius 1 is 1.67 bits per heavy atom. The number of aliphatic hydroxyl groups excluding tert-OH is 2. The van der Waals surface area contributed by atoms with Gasteiger partial charge in [0.15, 0.2) is 6.10 Å². The summed E-state index contributed by atoms with van der Waals surface area (Å²) in [6.45, 7) is 0.236. The van der Waals surface area contributed by atoms with E-state index in [-0.39, 0.29) is 6.54 Å². The molecule has 1 aliphatic rings. The largest absolute Gasteiger partial charge is 0.388 e. The summed E-state index contributed by atoms with van der Waals surface area (Å²) in [4.78, 5) is 11.9. The molecule has 2 unspecified atom stereocenters. The van der Waals surface area contributed by atoms with E-state index in [1.807, 2.05) is 0 Å². The third-order valence-corrected chi connectivity index (χ3v) is 1.45. The van der Waals surface area contributed by atoms with Gasteiger partial charge in [0, 0.05) is 13.6 Å². The van der Waals surface area contributed by atoms with E-state index in [0.717, 1.165) is 0 Å². The van der Waals surface area contributed by atoms with Gasteiger partial charge in [-0.25, -0.2) is 0 Å². The van der Waals surface area contributed by atoms with Crippen LogP contribution in [0.5, 0.6) is 0 Å². The number of rotatable bonds is 0. The number of amides is 1. The zero-order valence-corrected chi connectivity index (χ0v) is 5.11. The average Bonchev–Trinajstić information content (AvgIpc) is 1.98. The van der Waals surface area contributed by atoms with Gasteiger partial charge >= 0.3 is 0 Å². The van der Waals surface area contributed by atoms with Gasteiger partial charge in [-0.15, -0.1) is 0 Å². The Hall–Kier alpha value is -0.610. The molecular weight excluding hydrogens is 122 g/mol. The van der Waals surface area contributed by atoms with Gasteiger partial charge in [-0.3, -0.25) is 4.79 Å². The molecule has 1 saturated heterocycles. The van der Waals surface area contributed by atoms with Crippen LogP contribution in [0.2, 0.25) is 0 Å². The summed E-state index contributed by atoms with van der Waals surface area (Å²) in [5.41, 5.74) is 0. The van der Waals surface area contributed by atoms with E-state index >= 15 is 0 Å². The van der Waals surface area contributed by atoms with Crippen molar-refractivity contribution >= 4 is 5.91 Å². The van der Waals surface area contributed by atoms with E-state index in [1.165, 1.54) is 4.90 Å².